The van der Waals surface area contributed by atoms with E-state index in [1.807, 2.05) is 31.2 Å². The summed E-state index contributed by atoms with van der Waals surface area (Å²) in [5, 5.41) is 0.310. The second kappa shape index (κ2) is 8.35. The smallest absolute Gasteiger partial charge is 0.223 e. The lowest BCUT2D eigenvalue weighted by atomic mass is 10.1. The van der Waals surface area contributed by atoms with Gasteiger partial charge in [-0.3, -0.25) is 4.79 Å². The molecule has 27 heavy (non-hydrogen) atoms. The van der Waals surface area contributed by atoms with E-state index in [9.17, 15) is 9.18 Å². The van der Waals surface area contributed by atoms with E-state index >= 15 is 0 Å². The molecular weight excluding hydrogens is 367 g/mol. The topological polar surface area (TPSA) is 46.3 Å². The summed E-state index contributed by atoms with van der Waals surface area (Å²) in [4.78, 5) is 18.0. The number of carbonyl (C=O) groups excluding carboxylic acids is 1. The molecule has 3 aromatic rings. The minimum Gasteiger partial charge on any atom is -0.441 e. The molecule has 6 heteroatoms. The Morgan fingerprint density at radius 1 is 1.22 bits per heavy atom. The molecule has 0 fully saturated rings. The zero-order chi connectivity index (χ0) is 19.4. The molecule has 2 aromatic carbocycles. The van der Waals surface area contributed by atoms with E-state index in [2.05, 4.69) is 4.98 Å². The number of rotatable bonds is 6. The van der Waals surface area contributed by atoms with Crippen LogP contribution in [0, 0.1) is 12.7 Å². The van der Waals surface area contributed by atoms with Crippen LogP contribution in [-0.2, 0) is 17.8 Å². The number of hydrogen-bond acceptors (Lipinski definition) is 3. The summed E-state index contributed by atoms with van der Waals surface area (Å²) < 4.78 is 19.6. The Bertz CT molecular complexity index is 917. The van der Waals surface area contributed by atoms with E-state index in [1.165, 1.54) is 22.6 Å². The second-order valence-electron chi connectivity index (χ2n) is 6.43. The van der Waals surface area contributed by atoms with Crippen molar-refractivity contribution in [2.75, 3.05) is 7.05 Å². The Kier molecular flexibility index (Phi) is 5.91. The monoisotopic (exact) mass is 386 g/mol. The summed E-state index contributed by atoms with van der Waals surface area (Å²) in [5.41, 5.74) is 2.42. The lowest BCUT2D eigenvalue weighted by Crippen LogP contribution is -2.27. The minimum atomic E-state index is -0.419. The van der Waals surface area contributed by atoms with E-state index in [0.29, 0.717) is 28.7 Å². The predicted octanol–water partition coefficient (Wildman–Crippen LogP) is 5.03. The summed E-state index contributed by atoms with van der Waals surface area (Å²) in [6.07, 6.45) is 2.25. The molecule has 0 aliphatic carbocycles. The van der Waals surface area contributed by atoms with Crippen molar-refractivity contribution in [3.05, 3.63) is 76.5 Å². The van der Waals surface area contributed by atoms with Gasteiger partial charge in [0.1, 0.15) is 5.82 Å². The van der Waals surface area contributed by atoms with Gasteiger partial charge < -0.3 is 9.32 Å². The molecule has 1 amide bonds. The first kappa shape index (κ1) is 19.1. The number of benzene rings is 2. The first-order valence-electron chi connectivity index (χ1n) is 8.62. The van der Waals surface area contributed by atoms with Crippen LogP contribution >= 0.6 is 11.6 Å². The van der Waals surface area contributed by atoms with Crippen molar-refractivity contribution in [3.63, 3.8) is 0 Å². The maximum atomic E-state index is 13.9. The third kappa shape index (κ3) is 4.74. The molecule has 0 aliphatic heterocycles. The van der Waals surface area contributed by atoms with E-state index in [4.69, 9.17) is 16.0 Å². The average molecular weight is 387 g/mol. The fourth-order valence-corrected chi connectivity index (χ4v) is 2.91. The Balaban J connectivity index is 1.58. The van der Waals surface area contributed by atoms with Gasteiger partial charge in [-0.1, -0.05) is 47.5 Å². The van der Waals surface area contributed by atoms with Crippen LogP contribution in [0.1, 0.15) is 23.4 Å². The summed E-state index contributed by atoms with van der Waals surface area (Å²) in [6, 6.07) is 12.4. The highest BCUT2D eigenvalue weighted by Gasteiger charge is 2.15. The zero-order valence-corrected chi connectivity index (χ0v) is 16.0. The normalized spacial score (nSPS) is 10.8. The largest absolute Gasteiger partial charge is 0.441 e. The van der Waals surface area contributed by atoms with Crippen LogP contribution in [0.3, 0.4) is 0 Å². The van der Waals surface area contributed by atoms with Crippen molar-refractivity contribution in [1.82, 2.24) is 9.88 Å². The maximum absolute atomic E-state index is 13.9. The molecule has 0 radical (unpaired) electrons. The zero-order valence-electron chi connectivity index (χ0n) is 15.2. The summed E-state index contributed by atoms with van der Waals surface area (Å²) in [7, 11) is 1.62. The van der Waals surface area contributed by atoms with Crippen LogP contribution < -0.4 is 0 Å². The molecule has 0 saturated carbocycles. The fraction of sp³-hybridized carbons (Fsp3) is 0.238. The lowest BCUT2D eigenvalue weighted by Gasteiger charge is -2.18. The van der Waals surface area contributed by atoms with E-state index in [-0.39, 0.29) is 18.9 Å². The molecule has 140 valence electrons. The number of nitrogens with zero attached hydrogens (tertiary/aromatic N) is 2. The van der Waals surface area contributed by atoms with Crippen LogP contribution in [0.5, 0.6) is 0 Å². The van der Waals surface area contributed by atoms with Crippen LogP contribution in [0.2, 0.25) is 5.02 Å². The summed E-state index contributed by atoms with van der Waals surface area (Å²) in [5.74, 6) is 0.613. The van der Waals surface area contributed by atoms with Crippen molar-refractivity contribution < 1.29 is 13.6 Å². The minimum absolute atomic E-state index is 0.116. The lowest BCUT2D eigenvalue weighted by molar-refractivity contribution is -0.130. The van der Waals surface area contributed by atoms with Gasteiger partial charge in [0.15, 0.2) is 11.7 Å². The summed E-state index contributed by atoms with van der Waals surface area (Å²) in [6.45, 7) is 2.14. The van der Waals surface area contributed by atoms with Crippen LogP contribution in [0.4, 0.5) is 4.39 Å². The molecule has 0 bridgehead atoms. The summed E-state index contributed by atoms with van der Waals surface area (Å²) >= 11 is 6.02. The highest BCUT2D eigenvalue weighted by molar-refractivity contribution is 6.31. The standard InChI is InChI=1S/C21H20ClFN2O2/c1-14-6-8-15(9-7-14)19-12-24-20(27-19)10-11-21(26)25(2)13-16-17(22)4-3-5-18(16)23/h3-9,12H,10-11,13H2,1-2H3. The molecule has 1 heterocycles. The molecule has 3 rings (SSSR count). The van der Waals surface area contributed by atoms with Crippen LogP contribution in [0.15, 0.2) is 53.1 Å². The molecule has 1 aromatic heterocycles. The number of halogens is 2. The third-order valence-corrected chi connectivity index (χ3v) is 4.68. The predicted molar refractivity (Wildman–Crippen MR) is 103 cm³/mol. The van der Waals surface area contributed by atoms with Gasteiger partial charge in [0.05, 0.1) is 6.20 Å². The van der Waals surface area contributed by atoms with E-state index in [0.717, 1.165) is 5.56 Å². The third-order valence-electron chi connectivity index (χ3n) is 4.33. The molecule has 0 saturated heterocycles. The van der Waals surface area contributed by atoms with E-state index in [1.54, 1.807) is 19.3 Å². The molecule has 0 spiro atoms. The molecule has 0 unspecified atom stereocenters. The van der Waals surface area contributed by atoms with Crippen LogP contribution in [-0.4, -0.2) is 22.8 Å². The van der Waals surface area contributed by atoms with Crippen molar-refractivity contribution in [2.24, 2.45) is 0 Å². The number of aromatic nitrogens is 1. The van der Waals surface area contributed by atoms with Crippen molar-refractivity contribution in [1.29, 1.82) is 0 Å². The molecule has 0 atom stereocenters. The number of aryl methyl sites for hydroxylation is 2. The van der Waals surface area contributed by atoms with Gasteiger partial charge in [-0.15, -0.1) is 0 Å². The first-order valence-corrected chi connectivity index (χ1v) is 9.00. The van der Waals surface area contributed by atoms with Gasteiger partial charge in [0.25, 0.3) is 0 Å². The number of hydrogen-bond donors (Lipinski definition) is 0. The number of oxazole rings is 1. The molecule has 0 aliphatic rings. The highest BCUT2D eigenvalue weighted by Crippen LogP contribution is 2.22. The molecular formula is C21H20ClFN2O2. The van der Waals surface area contributed by atoms with Gasteiger partial charge >= 0.3 is 0 Å². The Labute approximate surface area is 162 Å². The fourth-order valence-electron chi connectivity index (χ4n) is 2.69. The molecule has 4 nitrogen and oxygen atoms in total. The van der Waals surface area contributed by atoms with Gasteiger partial charge in [0.2, 0.25) is 5.91 Å². The Morgan fingerprint density at radius 2 is 1.96 bits per heavy atom. The SMILES string of the molecule is Cc1ccc(-c2cnc(CCC(=O)N(C)Cc3c(F)cccc3Cl)o2)cc1. The Morgan fingerprint density at radius 3 is 2.67 bits per heavy atom. The maximum Gasteiger partial charge on any atom is 0.223 e. The highest BCUT2D eigenvalue weighted by atomic mass is 35.5. The average Bonchev–Trinajstić information content (AvgIpc) is 3.12. The van der Waals surface area contributed by atoms with Gasteiger partial charge in [-0.25, -0.2) is 9.37 Å². The van der Waals surface area contributed by atoms with Crippen LogP contribution in [0.25, 0.3) is 11.3 Å². The second-order valence-corrected chi connectivity index (χ2v) is 6.84. The number of amides is 1. The quantitative estimate of drug-likeness (QED) is 0.596. The van der Waals surface area contributed by atoms with E-state index < -0.39 is 5.82 Å². The number of carbonyl (C=O) groups is 1. The van der Waals surface area contributed by atoms with Crippen molar-refractivity contribution in [2.45, 2.75) is 26.3 Å². The van der Waals surface area contributed by atoms with Gasteiger partial charge in [-0.05, 0) is 19.1 Å². The van der Waals surface area contributed by atoms with Gasteiger partial charge in [0, 0.05) is 42.6 Å². The van der Waals surface area contributed by atoms with Gasteiger partial charge in [-0.2, -0.15) is 0 Å². The van der Waals surface area contributed by atoms with Crippen molar-refractivity contribution >= 4 is 17.5 Å². The molecule has 0 N–H and O–H groups in total. The van der Waals surface area contributed by atoms with Crippen molar-refractivity contribution in [3.8, 4) is 11.3 Å². The first-order chi connectivity index (χ1) is 12.9. The Hall–Kier alpha value is -2.66.